The molecule has 0 aliphatic rings. The summed E-state index contributed by atoms with van der Waals surface area (Å²) in [6.45, 7) is -0.110. The lowest BCUT2D eigenvalue weighted by atomic mass is 10.1. The van der Waals surface area contributed by atoms with E-state index in [0.29, 0.717) is 17.0 Å². The number of benzene rings is 3. The second-order valence-corrected chi connectivity index (χ2v) is 6.47. The molecule has 0 aliphatic heterocycles. The molecule has 0 aliphatic carbocycles. The predicted molar refractivity (Wildman–Crippen MR) is 104 cm³/mol. The Kier molecular flexibility index (Phi) is 5.53. The van der Waals surface area contributed by atoms with Crippen molar-refractivity contribution in [1.29, 1.82) is 0 Å². The molecular weight excluding hydrogens is 398 g/mol. The first kappa shape index (κ1) is 17.9. The van der Waals surface area contributed by atoms with Gasteiger partial charge in [-0.05, 0) is 59.3 Å². The van der Waals surface area contributed by atoms with E-state index in [-0.39, 0.29) is 12.5 Å². The van der Waals surface area contributed by atoms with Gasteiger partial charge < -0.3 is 14.8 Å². The van der Waals surface area contributed by atoms with E-state index in [4.69, 9.17) is 4.74 Å². The van der Waals surface area contributed by atoms with Crippen molar-refractivity contribution < 1.29 is 19.1 Å². The van der Waals surface area contributed by atoms with Gasteiger partial charge in [0.25, 0.3) is 5.91 Å². The van der Waals surface area contributed by atoms with Gasteiger partial charge in [-0.2, -0.15) is 0 Å². The summed E-state index contributed by atoms with van der Waals surface area (Å²) in [4.78, 5) is 23.4. The summed E-state index contributed by atoms with van der Waals surface area (Å²) < 4.78 is 11.2. The molecule has 3 rings (SSSR count). The molecule has 1 amide bonds. The highest BCUT2D eigenvalue weighted by Crippen LogP contribution is 2.24. The Morgan fingerprint density at radius 3 is 2.38 bits per heavy atom. The third kappa shape index (κ3) is 4.40. The molecule has 0 fully saturated rings. The largest absolute Gasteiger partial charge is 0.484 e. The van der Waals surface area contributed by atoms with Crippen LogP contribution in [0.2, 0.25) is 0 Å². The first-order valence-electron chi connectivity index (χ1n) is 7.85. The maximum Gasteiger partial charge on any atom is 0.337 e. The van der Waals surface area contributed by atoms with Crippen LogP contribution < -0.4 is 10.1 Å². The fourth-order valence-electron chi connectivity index (χ4n) is 2.44. The molecule has 0 heterocycles. The Morgan fingerprint density at radius 1 is 0.962 bits per heavy atom. The second-order valence-electron chi connectivity index (χ2n) is 5.56. The SMILES string of the molecule is COC(=O)c1ccc(NC(=O)COc2ccc3cc(Br)ccc3c2)cc1. The number of anilines is 1. The van der Waals surface area contributed by atoms with E-state index in [9.17, 15) is 9.59 Å². The Labute approximate surface area is 159 Å². The van der Waals surface area contributed by atoms with Gasteiger partial charge in [-0.1, -0.05) is 28.1 Å². The van der Waals surface area contributed by atoms with Gasteiger partial charge in [-0.25, -0.2) is 4.79 Å². The van der Waals surface area contributed by atoms with Crippen molar-refractivity contribution in [2.24, 2.45) is 0 Å². The summed E-state index contributed by atoms with van der Waals surface area (Å²) in [6.07, 6.45) is 0. The third-order valence-corrected chi connectivity index (χ3v) is 4.23. The molecule has 132 valence electrons. The molecule has 0 saturated heterocycles. The molecule has 3 aromatic carbocycles. The van der Waals surface area contributed by atoms with Gasteiger partial charge in [-0.3, -0.25) is 4.79 Å². The molecule has 6 heteroatoms. The fraction of sp³-hybridized carbons (Fsp3) is 0.100. The Balaban J connectivity index is 1.58. The van der Waals surface area contributed by atoms with Crippen LogP contribution >= 0.6 is 15.9 Å². The highest BCUT2D eigenvalue weighted by atomic mass is 79.9. The number of amides is 1. The zero-order chi connectivity index (χ0) is 18.5. The summed E-state index contributed by atoms with van der Waals surface area (Å²) in [6, 6.07) is 18.1. The standard InChI is InChI=1S/C20H16BrNO4/c1-25-20(24)13-3-7-17(8-4-13)22-19(23)12-26-18-9-5-14-10-16(21)6-2-15(14)11-18/h2-11H,12H2,1H3,(H,22,23). The van der Waals surface area contributed by atoms with Crippen LogP contribution in [0.1, 0.15) is 10.4 Å². The summed E-state index contributed by atoms with van der Waals surface area (Å²) in [5.41, 5.74) is 0.999. The topological polar surface area (TPSA) is 64.6 Å². The van der Waals surface area contributed by atoms with Crippen molar-refractivity contribution >= 4 is 44.3 Å². The van der Waals surface area contributed by atoms with Gasteiger partial charge in [0.15, 0.2) is 6.61 Å². The Hall–Kier alpha value is -2.86. The molecule has 26 heavy (non-hydrogen) atoms. The first-order chi connectivity index (χ1) is 12.5. The third-order valence-electron chi connectivity index (χ3n) is 3.73. The average molecular weight is 414 g/mol. The van der Waals surface area contributed by atoms with Crippen LogP contribution in [0.5, 0.6) is 5.75 Å². The van der Waals surface area contributed by atoms with Gasteiger partial charge in [0, 0.05) is 10.2 Å². The summed E-state index contributed by atoms with van der Waals surface area (Å²) in [7, 11) is 1.32. The normalized spacial score (nSPS) is 10.4. The minimum atomic E-state index is -0.422. The minimum Gasteiger partial charge on any atom is -0.484 e. The molecule has 0 saturated carbocycles. The molecule has 3 aromatic rings. The van der Waals surface area contributed by atoms with Crippen LogP contribution in [-0.2, 0) is 9.53 Å². The fourth-order valence-corrected chi connectivity index (χ4v) is 2.82. The molecule has 5 nitrogen and oxygen atoms in total. The van der Waals surface area contributed by atoms with Crippen LogP contribution in [0.25, 0.3) is 10.8 Å². The molecule has 0 atom stereocenters. The van der Waals surface area contributed by atoms with Crippen molar-refractivity contribution in [3.05, 3.63) is 70.7 Å². The number of rotatable bonds is 5. The van der Waals surface area contributed by atoms with Crippen molar-refractivity contribution in [1.82, 2.24) is 0 Å². The van der Waals surface area contributed by atoms with E-state index in [0.717, 1.165) is 15.2 Å². The molecule has 0 spiro atoms. The number of hydrogen-bond donors (Lipinski definition) is 1. The number of methoxy groups -OCH3 is 1. The Morgan fingerprint density at radius 2 is 1.65 bits per heavy atom. The van der Waals surface area contributed by atoms with Gasteiger partial charge in [0.2, 0.25) is 0 Å². The lowest BCUT2D eigenvalue weighted by Crippen LogP contribution is -2.20. The van der Waals surface area contributed by atoms with Gasteiger partial charge >= 0.3 is 5.97 Å². The zero-order valence-electron chi connectivity index (χ0n) is 14.0. The molecule has 0 radical (unpaired) electrons. The molecule has 0 bridgehead atoms. The zero-order valence-corrected chi connectivity index (χ0v) is 15.6. The maximum atomic E-state index is 12.0. The highest BCUT2D eigenvalue weighted by Gasteiger charge is 2.07. The van der Waals surface area contributed by atoms with E-state index in [1.807, 2.05) is 36.4 Å². The van der Waals surface area contributed by atoms with E-state index in [1.165, 1.54) is 7.11 Å². The van der Waals surface area contributed by atoms with E-state index in [1.54, 1.807) is 24.3 Å². The number of nitrogens with one attached hydrogen (secondary N) is 1. The summed E-state index contributed by atoms with van der Waals surface area (Å²) >= 11 is 3.44. The minimum absolute atomic E-state index is 0.110. The molecule has 0 unspecified atom stereocenters. The number of halogens is 1. The van der Waals surface area contributed by atoms with Crippen LogP contribution in [-0.4, -0.2) is 25.6 Å². The van der Waals surface area contributed by atoms with Gasteiger partial charge in [0.05, 0.1) is 12.7 Å². The first-order valence-corrected chi connectivity index (χ1v) is 8.65. The van der Waals surface area contributed by atoms with Crippen LogP contribution in [0.4, 0.5) is 5.69 Å². The lowest BCUT2D eigenvalue weighted by Gasteiger charge is -2.09. The number of hydrogen-bond acceptors (Lipinski definition) is 4. The van der Waals surface area contributed by atoms with Gasteiger partial charge in [0.1, 0.15) is 5.75 Å². The molecule has 1 N–H and O–H groups in total. The molecular formula is C20H16BrNO4. The summed E-state index contributed by atoms with van der Waals surface area (Å²) in [5.74, 6) is -0.0859. The second kappa shape index (κ2) is 8.01. The number of fused-ring (bicyclic) bond motifs is 1. The number of carbonyl (C=O) groups excluding carboxylic acids is 2. The lowest BCUT2D eigenvalue weighted by molar-refractivity contribution is -0.118. The predicted octanol–water partition coefficient (Wildman–Crippen LogP) is 4.41. The van der Waals surface area contributed by atoms with Crippen LogP contribution in [0.15, 0.2) is 65.1 Å². The van der Waals surface area contributed by atoms with Crippen molar-refractivity contribution in [3.8, 4) is 5.75 Å². The highest BCUT2D eigenvalue weighted by molar-refractivity contribution is 9.10. The van der Waals surface area contributed by atoms with Gasteiger partial charge in [-0.15, -0.1) is 0 Å². The van der Waals surface area contributed by atoms with Crippen LogP contribution in [0, 0.1) is 0 Å². The van der Waals surface area contributed by atoms with E-state index in [2.05, 4.69) is 26.0 Å². The van der Waals surface area contributed by atoms with Crippen molar-refractivity contribution in [3.63, 3.8) is 0 Å². The van der Waals surface area contributed by atoms with E-state index < -0.39 is 5.97 Å². The van der Waals surface area contributed by atoms with Crippen molar-refractivity contribution in [2.75, 3.05) is 19.0 Å². The molecule has 0 aromatic heterocycles. The monoisotopic (exact) mass is 413 g/mol. The van der Waals surface area contributed by atoms with Crippen LogP contribution in [0.3, 0.4) is 0 Å². The maximum absolute atomic E-state index is 12.0. The quantitative estimate of drug-likeness (QED) is 0.629. The smallest absolute Gasteiger partial charge is 0.337 e. The number of ether oxygens (including phenoxy) is 2. The Bertz CT molecular complexity index is 954. The van der Waals surface area contributed by atoms with Crippen molar-refractivity contribution in [2.45, 2.75) is 0 Å². The summed E-state index contributed by atoms with van der Waals surface area (Å²) in [5, 5.41) is 4.84. The average Bonchev–Trinajstić information content (AvgIpc) is 2.66. The number of carbonyl (C=O) groups is 2. The number of esters is 1. The van der Waals surface area contributed by atoms with E-state index >= 15 is 0 Å².